The van der Waals surface area contributed by atoms with Gasteiger partial charge in [-0.2, -0.15) is 4.31 Å². The number of hydrogen-bond acceptors (Lipinski definition) is 4. The van der Waals surface area contributed by atoms with Gasteiger partial charge in [0.15, 0.2) is 0 Å². The fourth-order valence-corrected chi connectivity index (χ4v) is 4.94. The molecule has 1 saturated heterocycles. The van der Waals surface area contributed by atoms with E-state index in [9.17, 15) is 17.6 Å². The summed E-state index contributed by atoms with van der Waals surface area (Å²) in [6.45, 7) is 1.35. The number of nitrogens with zero attached hydrogens (tertiary/aromatic N) is 2. The van der Waals surface area contributed by atoms with Crippen molar-refractivity contribution in [1.29, 1.82) is 0 Å². The highest BCUT2D eigenvalue weighted by atomic mass is 32.2. The van der Waals surface area contributed by atoms with Gasteiger partial charge in [-0.15, -0.1) is 0 Å². The lowest BCUT2D eigenvalue weighted by Gasteiger charge is -2.26. The van der Waals surface area contributed by atoms with E-state index in [-0.39, 0.29) is 32.0 Å². The second kappa shape index (κ2) is 9.01. The number of rotatable bonds is 6. The lowest BCUT2D eigenvalue weighted by Crippen LogP contribution is -2.40. The molecule has 1 amide bonds. The smallest absolute Gasteiger partial charge is 0.272 e. The number of amides is 1. The Morgan fingerprint density at radius 3 is 2.52 bits per heavy atom. The van der Waals surface area contributed by atoms with Crippen LogP contribution in [0.25, 0.3) is 0 Å². The predicted octanol–water partition coefficient (Wildman–Crippen LogP) is 2.95. The molecule has 1 aliphatic rings. The fraction of sp³-hybridized carbons (Fsp3) is 0.227. The molecule has 0 radical (unpaired) electrons. The summed E-state index contributed by atoms with van der Waals surface area (Å²) >= 11 is 0. The minimum atomic E-state index is -4.03. The van der Waals surface area contributed by atoms with Crippen LogP contribution in [0.15, 0.2) is 71.8 Å². The highest BCUT2D eigenvalue weighted by molar-refractivity contribution is 7.89. The van der Waals surface area contributed by atoms with E-state index in [1.54, 1.807) is 22.9 Å². The maximum Gasteiger partial charge on any atom is 0.272 e. The Morgan fingerprint density at radius 1 is 1.03 bits per heavy atom. The van der Waals surface area contributed by atoms with Crippen molar-refractivity contribution in [3.63, 3.8) is 0 Å². The Morgan fingerprint density at radius 2 is 1.77 bits per heavy atom. The van der Waals surface area contributed by atoms with Gasteiger partial charge < -0.3 is 14.6 Å². The van der Waals surface area contributed by atoms with Gasteiger partial charge in [0.05, 0.1) is 13.2 Å². The monoisotopic (exact) mass is 443 g/mol. The number of ether oxygens (including phenoxy) is 1. The minimum Gasteiger partial charge on any atom is -0.379 e. The Hall–Kier alpha value is -3.01. The van der Waals surface area contributed by atoms with Crippen molar-refractivity contribution in [1.82, 2.24) is 8.87 Å². The molecule has 0 unspecified atom stereocenters. The van der Waals surface area contributed by atoms with Gasteiger partial charge >= 0.3 is 0 Å². The minimum absolute atomic E-state index is 0.158. The van der Waals surface area contributed by atoms with Crippen molar-refractivity contribution in [2.75, 3.05) is 31.6 Å². The number of nitrogens with one attached hydrogen (secondary N) is 1. The molecule has 0 bridgehead atoms. The zero-order valence-electron chi connectivity index (χ0n) is 16.7. The first-order valence-electron chi connectivity index (χ1n) is 9.83. The number of sulfonamides is 1. The molecule has 162 valence electrons. The second-order valence-electron chi connectivity index (χ2n) is 7.12. The topological polar surface area (TPSA) is 80.6 Å². The third kappa shape index (κ3) is 4.68. The summed E-state index contributed by atoms with van der Waals surface area (Å²) in [6, 6.07) is 16.7. The van der Waals surface area contributed by atoms with Gasteiger partial charge in [0.1, 0.15) is 16.4 Å². The molecule has 9 heteroatoms. The van der Waals surface area contributed by atoms with Gasteiger partial charge in [0, 0.05) is 31.5 Å². The number of anilines is 1. The molecule has 7 nitrogen and oxygen atoms in total. The molecule has 1 fully saturated rings. The summed E-state index contributed by atoms with van der Waals surface area (Å²) in [5.41, 5.74) is 1.64. The third-order valence-corrected chi connectivity index (χ3v) is 6.95. The highest BCUT2D eigenvalue weighted by Gasteiger charge is 2.29. The van der Waals surface area contributed by atoms with Crippen LogP contribution in [0.3, 0.4) is 0 Å². The molecular weight excluding hydrogens is 421 g/mol. The summed E-state index contributed by atoms with van der Waals surface area (Å²) in [7, 11) is -4.03. The lowest BCUT2D eigenvalue weighted by atomic mass is 10.2. The van der Waals surface area contributed by atoms with E-state index in [1.165, 1.54) is 10.4 Å². The fourth-order valence-electron chi connectivity index (χ4n) is 3.44. The van der Waals surface area contributed by atoms with Crippen LogP contribution in [-0.4, -0.2) is 49.5 Å². The molecule has 4 rings (SSSR count). The largest absolute Gasteiger partial charge is 0.379 e. The van der Waals surface area contributed by atoms with Crippen LogP contribution >= 0.6 is 0 Å². The molecule has 31 heavy (non-hydrogen) atoms. The Labute approximate surface area is 180 Å². The zero-order chi connectivity index (χ0) is 21.8. The number of aromatic nitrogens is 1. The molecule has 0 aliphatic carbocycles. The van der Waals surface area contributed by atoms with E-state index in [1.807, 2.05) is 30.3 Å². The van der Waals surface area contributed by atoms with E-state index in [4.69, 9.17) is 4.74 Å². The van der Waals surface area contributed by atoms with Crippen molar-refractivity contribution in [3.8, 4) is 0 Å². The highest BCUT2D eigenvalue weighted by Crippen LogP contribution is 2.24. The quantitative estimate of drug-likeness (QED) is 0.635. The zero-order valence-corrected chi connectivity index (χ0v) is 17.5. The average Bonchev–Trinajstić information content (AvgIpc) is 3.24. The number of carbonyl (C=O) groups is 1. The summed E-state index contributed by atoms with van der Waals surface area (Å²) < 4.78 is 48.2. The van der Waals surface area contributed by atoms with Crippen LogP contribution in [0.2, 0.25) is 0 Å². The lowest BCUT2D eigenvalue weighted by molar-refractivity contribution is 0.0729. The third-order valence-electron chi connectivity index (χ3n) is 5.03. The van der Waals surface area contributed by atoms with Crippen LogP contribution in [0.1, 0.15) is 16.1 Å². The molecular formula is C22H22FN3O4S. The van der Waals surface area contributed by atoms with Crippen molar-refractivity contribution >= 4 is 21.6 Å². The summed E-state index contributed by atoms with van der Waals surface area (Å²) in [6.07, 6.45) is 1.79. The van der Waals surface area contributed by atoms with Crippen LogP contribution < -0.4 is 5.32 Å². The first kappa shape index (κ1) is 21.2. The van der Waals surface area contributed by atoms with Crippen molar-refractivity contribution in [3.05, 3.63) is 83.9 Å². The first-order valence-corrected chi connectivity index (χ1v) is 11.3. The van der Waals surface area contributed by atoms with E-state index >= 15 is 0 Å². The number of benzene rings is 2. The number of morpholine rings is 1. The molecule has 0 spiro atoms. The summed E-state index contributed by atoms with van der Waals surface area (Å²) in [5.74, 6) is -1.28. The van der Waals surface area contributed by atoms with Crippen LogP contribution in [-0.2, 0) is 21.3 Å². The van der Waals surface area contributed by atoms with Gasteiger partial charge in [-0.25, -0.2) is 12.8 Å². The van der Waals surface area contributed by atoms with Gasteiger partial charge in [0.25, 0.3) is 5.91 Å². The maximum absolute atomic E-state index is 14.4. The maximum atomic E-state index is 14.4. The number of halogens is 1. The molecule has 0 atom stereocenters. The Bertz CT molecular complexity index is 1170. The van der Waals surface area contributed by atoms with Gasteiger partial charge in [-0.1, -0.05) is 30.3 Å². The Kier molecular flexibility index (Phi) is 6.17. The van der Waals surface area contributed by atoms with Crippen molar-refractivity contribution < 1.29 is 22.3 Å². The van der Waals surface area contributed by atoms with Gasteiger partial charge in [-0.3, -0.25) is 4.79 Å². The number of hydrogen-bond donors (Lipinski definition) is 1. The first-order chi connectivity index (χ1) is 14.9. The predicted molar refractivity (Wildman–Crippen MR) is 114 cm³/mol. The van der Waals surface area contributed by atoms with Crippen molar-refractivity contribution in [2.24, 2.45) is 0 Å². The normalized spacial score (nSPS) is 15.0. The molecule has 1 aromatic heterocycles. The van der Waals surface area contributed by atoms with Crippen LogP contribution in [0, 0.1) is 5.82 Å². The number of carbonyl (C=O) groups excluding carboxylic acids is 1. The summed E-state index contributed by atoms with van der Waals surface area (Å²) in [5, 5.41) is 2.68. The summed E-state index contributed by atoms with van der Waals surface area (Å²) in [4.78, 5) is 12.4. The SMILES string of the molecule is O=C(Nc1ccc(F)c(S(=O)(=O)N2CCOCC2)c1)c1cccn1Cc1ccccc1. The molecule has 2 aromatic carbocycles. The van der Waals surface area contributed by atoms with E-state index in [2.05, 4.69) is 5.32 Å². The molecule has 3 aromatic rings. The van der Waals surface area contributed by atoms with Crippen molar-refractivity contribution in [2.45, 2.75) is 11.4 Å². The molecule has 1 aliphatic heterocycles. The van der Waals surface area contributed by atoms with E-state index in [0.29, 0.717) is 12.2 Å². The van der Waals surface area contributed by atoms with Gasteiger partial charge in [0.2, 0.25) is 10.0 Å². The van der Waals surface area contributed by atoms with E-state index < -0.39 is 26.6 Å². The van der Waals surface area contributed by atoms with Crippen LogP contribution in [0.4, 0.5) is 10.1 Å². The molecule has 0 saturated carbocycles. The van der Waals surface area contributed by atoms with Crippen LogP contribution in [0.5, 0.6) is 0 Å². The average molecular weight is 444 g/mol. The second-order valence-corrected chi connectivity index (χ2v) is 9.03. The standard InChI is InChI=1S/C22H22FN3O4S/c23-19-9-8-18(15-21(19)31(28,29)26-11-13-30-14-12-26)24-22(27)20-7-4-10-25(20)16-17-5-2-1-3-6-17/h1-10,15H,11-14,16H2,(H,24,27). The van der Waals surface area contributed by atoms with E-state index in [0.717, 1.165) is 17.7 Å². The Balaban J connectivity index is 1.55. The molecule has 1 N–H and O–H groups in total. The van der Waals surface area contributed by atoms with Gasteiger partial charge in [-0.05, 0) is 35.9 Å². The molecule has 2 heterocycles.